The van der Waals surface area contributed by atoms with Gasteiger partial charge in [-0.2, -0.15) is 0 Å². The molecule has 3 aliphatic rings. The number of hydrogen-bond donors (Lipinski definition) is 1. The fourth-order valence-corrected chi connectivity index (χ4v) is 4.03. The van der Waals surface area contributed by atoms with E-state index in [1.54, 1.807) is 0 Å². The van der Waals surface area contributed by atoms with E-state index in [2.05, 4.69) is 10.3 Å². The van der Waals surface area contributed by atoms with E-state index in [1.165, 1.54) is 44.9 Å². The summed E-state index contributed by atoms with van der Waals surface area (Å²) in [5.41, 5.74) is 0.187. The van der Waals surface area contributed by atoms with Crippen molar-refractivity contribution in [3.8, 4) is 0 Å². The van der Waals surface area contributed by atoms with Crippen molar-refractivity contribution >= 4 is 23.1 Å². The first kappa shape index (κ1) is 12.5. The molecular formula is C14H22N2OS. The van der Waals surface area contributed by atoms with Gasteiger partial charge in [-0.25, -0.2) is 4.99 Å². The van der Waals surface area contributed by atoms with Crippen LogP contribution in [0.4, 0.5) is 0 Å². The van der Waals surface area contributed by atoms with Crippen molar-refractivity contribution in [1.29, 1.82) is 0 Å². The molecule has 1 N–H and O–H groups in total. The highest BCUT2D eigenvalue weighted by Crippen LogP contribution is 2.46. The van der Waals surface area contributed by atoms with Gasteiger partial charge in [0.05, 0.1) is 5.41 Å². The van der Waals surface area contributed by atoms with E-state index in [1.807, 2.05) is 0 Å². The molecular weight excluding hydrogens is 244 g/mol. The van der Waals surface area contributed by atoms with E-state index in [0.29, 0.717) is 6.61 Å². The molecule has 1 saturated heterocycles. The Balaban J connectivity index is 1.87. The van der Waals surface area contributed by atoms with Crippen LogP contribution in [-0.2, 0) is 4.74 Å². The molecule has 100 valence electrons. The zero-order valence-electron chi connectivity index (χ0n) is 10.9. The molecule has 0 spiro atoms. The van der Waals surface area contributed by atoms with Crippen LogP contribution in [0.3, 0.4) is 0 Å². The Labute approximate surface area is 114 Å². The van der Waals surface area contributed by atoms with Gasteiger partial charge in [0.15, 0.2) is 5.90 Å². The topological polar surface area (TPSA) is 33.6 Å². The fourth-order valence-electron chi connectivity index (χ4n) is 3.89. The van der Waals surface area contributed by atoms with Crippen LogP contribution in [0.1, 0.15) is 44.9 Å². The van der Waals surface area contributed by atoms with Crippen molar-refractivity contribution in [3.05, 3.63) is 0 Å². The molecule has 0 aromatic heterocycles. The van der Waals surface area contributed by atoms with Crippen molar-refractivity contribution in [2.24, 2.45) is 16.3 Å². The van der Waals surface area contributed by atoms with Crippen molar-refractivity contribution in [2.45, 2.75) is 44.9 Å². The number of hydrogen-bond acceptors (Lipinski definition) is 3. The van der Waals surface area contributed by atoms with E-state index >= 15 is 0 Å². The molecule has 3 rings (SSSR count). The minimum absolute atomic E-state index is 0.187. The molecule has 3 nitrogen and oxygen atoms in total. The summed E-state index contributed by atoms with van der Waals surface area (Å²) in [7, 11) is 0. The number of rotatable bonds is 2. The number of ether oxygens (including phenoxy) is 1. The van der Waals surface area contributed by atoms with Crippen molar-refractivity contribution in [2.75, 3.05) is 19.7 Å². The van der Waals surface area contributed by atoms with Crippen LogP contribution in [0.15, 0.2) is 4.99 Å². The molecule has 18 heavy (non-hydrogen) atoms. The summed E-state index contributed by atoms with van der Waals surface area (Å²) in [5, 5.41) is 3.47. The molecule has 0 bridgehead atoms. The van der Waals surface area contributed by atoms with Gasteiger partial charge in [-0.3, -0.25) is 0 Å². The third-order valence-corrected chi connectivity index (χ3v) is 5.08. The molecule has 0 atom stereocenters. The predicted molar refractivity (Wildman–Crippen MR) is 77.1 cm³/mol. The van der Waals surface area contributed by atoms with Crippen LogP contribution in [-0.4, -0.2) is 30.6 Å². The van der Waals surface area contributed by atoms with Gasteiger partial charge < -0.3 is 10.1 Å². The second-order valence-corrected chi connectivity index (χ2v) is 6.31. The van der Waals surface area contributed by atoms with Gasteiger partial charge >= 0.3 is 0 Å². The monoisotopic (exact) mass is 266 g/mol. The molecule has 1 aliphatic carbocycles. The molecule has 1 saturated carbocycles. The van der Waals surface area contributed by atoms with Crippen LogP contribution < -0.4 is 5.32 Å². The first-order valence-corrected chi connectivity index (χ1v) is 7.68. The Morgan fingerprint density at radius 1 is 1.17 bits per heavy atom. The maximum atomic E-state index is 5.84. The number of piperidine rings is 1. The molecule has 0 amide bonds. The molecule has 2 aliphatic heterocycles. The minimum atomic E-state index is 0.187. The zero-order chi connectivity index (χ0) is 12.4. The molecule has 0 aromatic carbocycles. The van der Waals surface area contributed by atoms with Gasteiger partial charge in [0.1, 0.15) is 11.6 Å². The van der Waals surface area contributed by atoms with E-state index in [-0.39, 0.29) is 5.41 Å². The summed E-state index contributed by atoms with van der Waals surface area (Å²) in [6, 6.07) is 0. The van der Waals surface area contributed by atoms with Gasteiger partial charge in [0.2, 0.25) is 0 Å². The van der Waals surface area contributed by atoms with Gasteiger partial charge in [-0.1, -0.05) is 31.5 Å². The average molecular weight is 266 g/mol. The smallest absolute Gasteiger partial charge is 0.196 e. The normalized spacial score (nSPS) is 28.9. The maximum Gasteiger partial charge on any atom is 0.196 e. The zero-order valence-corrected chi connectivity index (χ0v) is 11.7. The van der Waals surface area contributed by atoms with Crippen molar-refractivity contribution < 1.29 is 4.74 Å². The lowest BCUT2D eigenvalue weighted by Gasteiger charge is -2.44. The fraction of sp³-hybridized carbons (Fsp3) is 0.857. The van der Waals surface area contributed by atoms with Gasteiger partial charge in [-0.05, 0) is 44.7 Å². The molecule has 0 radical (unpaired) electrons. The quantitative estimate of drug-likeness (QED) is 0.780. The third kappa shape index (κ3) is 2.21. The Morgan fingerprint density at radius 3 is 2.50 bits per heavy atom. The Morgan fingerprint density at radius 2 is 1.89 bits per heavy atom. The molecule has 0 aromatic rings. The first-order valence-electron chi connectivity index (χ1n) is 7.27. The number of nitrogens with zero attached hydrogens (tertiary/aromatic N) is 1. The maximum absolute atomic E-state index is 5.84. The van der Waals surface area contributed by atoms with Crippen molar-refractivity contribution in [1.82, 2.24) is 5.32 Å². The standard InChI is InChI=1S/C14H22N2OS/c18-12-10-17-13(16-12)14(6-8-15-9-7-14)11-4-2-1-3-5-11/h11,15H,1-10H2. The van der Waals surface area contributed by atoms with Crippen LogP contribution >= 0.6 is 12.2 Å². The molecule has 2 heterocycles. The van der Waals surface area contributed by atoms with Gasteiger partial charge in [-0.15, -0.1) is 0 Å². The van der Waals surface area contributed by atoms with Gasteiger partial charge in [0.25, 0.3) is 0 Å². The number of aliphatic imine (C=N–C) groups is 1. The lowest BCUT2D eigenvalue weighted by atomic mass is 9.64. The number of nitrogens with one attached hydrogen (secondary N) is 1. The molecule has 0 unspecified atom stereocenters. The second-order valence-electron chi connectivity index (χ2n) is 5.84. The molecule has 2 fully saturated rings. The SMILES string of the molecule is S=C1COC(C2(C3CCCCC3)CCNCC2)=N1. The highest BCUT2D eigenvalue weighted by Gasteiger charge is 2.47. The highest BCUT2D eigenvalue weighted by atomic mass is 32.1. The average Bonchev–Trinajstić information content (AvgIpc) is 2.88. The lowest BCUT2D eigenvalue weighted by Crippen LogP contribution is -2.47. The van der Waals surface area contributed by atoms with Crippen molar-refractivity contribution in [3.63, 3.8) is 0 Å². The van der Waals surface area contributed by atoms with E-state index in [4.69, 9.17) is 17.0 Å². The summed E-state index contributed by atoms with van der Waals surface area (Å²) < 4.78 is 5.84. The predicted octanol–water partition coefficient (Wildman–Crippen LogP) is 2.69. The third-order valence-electron chi connectivity index (χ3n) is 4.87. The summed E-state index contributed by atoms with van der Waals surface area (Å²) >= 11 is 5.19. The van der Waals surface area contributed by atoms with E-state index in [0.717, 1.165) is 29.9 Å². The minimum Gasteiger partial charge on any atom is -0.473 e. The lowest BCUT2D eigenvalue weighted by molar-refractivity contribution is 0.118. The van der Waals surface area contributed by atoms with E-state index < -0.39 is 0 Å². The largest absolute Gasteiger partial charge is 0.473 e. The molecule has 4 heteroatoms. The summed E-state index contributed by atoms with van der Waals surface area (Å²) in [6.07, 6.45) is 9.16. The highest BCUT2D eigenvalue weighted by molar-refractivity contribution is 7.80. The Kier molecular flexibility index (Phi) is 3.66. The van der Waals surface area contributed by atoms with Crippen LogP contribution in [0.2, 0.25) is 0 Å². The summed E-state index contributed by atoms with van der Waals surface area (Å²) in [4.78, 5) is 5.29. The summed E-state index contributed by atoms with van der Waals surface area (Å²) in [5.74, 6) is 1.73. The second kappa shape index (κ2) is 5.25. The Hall–Kier alpha value is -0.480. The van der Waals surface area contributed by atoms with Crippen LogP contribution in [0.25, 0.3) is 0 Å². The Bertz CT molecular complexity index is 355. The number of thiocarbonyl (C=S) groups is 1. The van der Waals surface area contributed by atoms with E-state index in [9.17, 15) is 0 Å². The van der Waals surface area contributed by atoms with Crippen LogP contribution in [0.5, 0.6) is 0 Å². The first-order chi connectivity index (χ1) is 8.81. The van der Waals surface area contributed by atoms with Crippen LogP contribution in [0, 0.1) is 11.3 Å². The van der Waals surface area contributed by atoms with Gasteiger partial charge in [0, 0.05) is 0 Å². The summed E-state index contributed by atoms with van der Waals surface area (Å²) in [6.45, 7) is 2.71.